The molecule has 0 aromatic heterocycles. The van der Waals surface area contributed by atoms with Gasteiger partial charge in [-0.15, -0.1) is 0 Å². The molecule has 0 aliphatic heterocycles. The molecule has 3 aromatic rings. The van der Waals surface area contributed by atoms with Crippen LogP contribution in [0.3, 0.4) is 0 Å². The van der Waals surface area contributed by atoms with Crippen molar-refractivity contribution in [1.29, 1.82) is 0 Å². The second-order valence-corrected chi connectivity index (χ2v) is 11.2. The second-order valence-electron chi connectivity index (χ2n) is 11.2. The van der Waals surface area contributed by atoms with Crippen LogP contribution in [0.1, 0.15) is 92.7 Å². The summed E-state index contributed by atoms with van der Waals surface area (Å²) in [6.07, 6.45) is 10.7. The molecule has 0 bridgehead atoms. The van der Waals surface area contributed by atoms with Crippen LogP contribution in [0, 0.1) is 11.7 Å². The van der Waals surface area contributed by atoms with Gasteiger partial charge in [0.25, 0.3) is 0 Å². The molecular formula is C34H39FO4. The maximum Gasteiger partial charge on any atom is 0.303 e. The molecule has 2 aliphatic carbocycles. The summed E-state index contributed by atoms with van der Waals surface area (Å²) in [6, 6.07) is 19.1. The quantitative estimate of drug-likeness (QED) is 0.284. The van der Waals surface area contributed by atoms with Crippen LogP contribution in [0.25, 0.3) is 11.1 Å². The van der Waals surface area contributed by atoms with Gasteiger partial charge in [0.1, 0.15) is 23.9 Å². The highest BCUT2D eigenvalue weighted by Crippen LogP contribution is 2.45. The molecular weight excluding hydrogens is 491 g/mol. The lowest BCUT2D eigenvalue weighted by Crippen LogP contribution is -2.09. The molecule has 1 unspecified atom stereocenters. The van der Waals surface area contributed by atoms with Crippen LogP contribution in [-0.2, 0) is 11.4 Å². The van der Waals surface area contributed by atoms with Gasteiger partial charge in [-0.05, 0) is 96.0 Å². The van der Waals surface area contributed by atoms with Gasteiger partial charge >= 0.3 is 5.97 Å². The van der Waals surface area contributed by atoms with Gasteiger partial charge in [0.15, 0.2) is 0 Å². The van der Waals surface area contributed by atoms with Crippen molar-refractivity contribution in [3.63, 3.8) is 0 Å². The Morgan fingerprint density at radius 2 is 1.67 bits per heavy atom. The number of ether oxygens (including phenoxy) is 2. The van der Waals surface area contributed by atoms with Crippen molar-refractivity contribution in [2.45, 2.75) is 82.7 Å². The van der Waals surface area contributed by atoms with Crippen LogP contribution in [-0.4, -0.2) is 18.2 Å². The number of methoxy groups -OCH3 is 1. The lowest BCUT2D eigenvalue weighted by atomic mass is 9.81. The van der Waals surface area contributed by atoms with Gasteiger partial charge in [0.05, 0.1) is 13.5 Å². The van der Waals surface area contributed by atoms with Crippen molar-refractivity contribution < 1.29 is 23.8 Å². The van der Waals surface area contributed by atoms with E-state index in [0.717, 1.165) is 48.1 Å². The maximum absolute atomic E-state index is 15.1. The van der Waals surface area contributed by atoms with E-state index in [4.69, 9.17) is 9.47 Å². The van der Waals surface area contributed by atoms with Crippen molar-refractivity contribution in [2.75, 3.05) is 7.11 Å². The maximum atomic E-state index is 15.1. The van der Waals surface area contributed by atoms with Crippen LogP contribution in [0.5, 0.6) is 11.5 Å². The van der Waals surface area contributed by atoms with Crippen molar-refractivity contribution >= 4 is 5.97 Å². The van der Waals surface area contributed by atoms with E-state index in [2.05, 4.69) is 6.07 Å². The zero-order valence-corrected chi connectivity index (χ0v) is 22.8. The molecule has 0 saturated heterocycles. The van der Waals surface area contributed by atoms with Crippen LogP contribution >= 0.6 is 0 Å². The number of aliphatic carboxylic acids is 1. The zero-order valence-electron chi connectivity index (χ0n) is 22.8. The molecule has 1 atom stereocenters. The minimum absolute atomic E-state index is 0.0361. The van der Waals surface area contributed by atoms with E-state index in [1.54, 1.807) is 19.2 Å². The molecule has 206 valence electrons. The van der Waals surface area contributed by atoms with Crippen molar-refractivity contribution in [1.82, 2.24) is 0 Å². The van der Waals surface area contributed by atoms with Crippen LogP contribution in [0.2, 0.25) is 0 Å². The molecule has 5 rings (SSSR count). The normalized spacial score (nSPS) is 17.2. The van der Waals surface area contributed by atoms with E-state index in [-0.39, 0.29) is 18.2 Å². The molecule has 1 N–H and O–H groups in total. The molecule has 3 aromatic carbocycles. The summed E-state index contributed by atoms with van der Waals surface area (Å²) < 4.78 is 26.7. The number of rotatable bonds is 10. The summed E-state index contributed by atoms with van der Waals surface area (Å²) in [5.74, 6) is 1.27. The summed E-state index contributed by atoms with van der Waals surface area (Å²) in [7, 11) is 1.61. The minimum Gasteiger partial charge on any atom is -0.497 e. The van der Waals surface area contributed by atoms with E-state index in [9.17, 15) is 9.90 Å². The first-order valence-corrected chi connectivity index (χ1v) is 14.4. The fourth-order valence-electron chi connectivity index (χ4n) is 6.13. The predicted octanol–water partition coefficient (Wildman–Crippen LogP) is 8.88. The van der Waals surface area contributed by atoms with E-state index in [0.29, 0.717) is 29.8 Å². The summed E-state index contributed by atoms with van der Waals surface area (Å²) in [5, 5.41) is 9.40. The third kappa shape index (κ3) is 7.00. The van der Waals surface area contributed by atoms with Crippen molar-refractivity contribution in [2.24, 2.45) is 5.92 Å². The molecule has 0 radical (unpaired) electrons. The molecule has 5 heteroatoms. The smallest absolute Gasteiger partial charge is 0.303 e. The van der Waals surface area contributed by atoms with E-state index >= 15 is 4.39 Å². The van der Waals surface area contributed by atoms with Crippen LogP contribution < -0.4 is 9.47 Å². The lowest BCUT2D eigenvalue weighted by molar-refractivity contribution is -0.137. The standard InChI is InChI=1S/C34H39FO4/c1-38-27-15-17-33(35)32(20-27)29-16-12-23(18-31(29)24-8-5-3-2-4-6-9-24)22-39-28-11-7-10-26(19-28)30(21-34(36)37)25-13-14-25/h7,10-12,15-20,24-25,30H,2-6,8-9,13-14,21-22H2,1H3,(H,36,37). The number of hydrogen-bond acceptors (Lipinski definition) is 3. The van der Waals surface area contributed by atoms with Gasteiger partial charge in [0, 0.05) is 5.56 Å². The predicted molar refractivity (Wildman–Crippen MR) is 152 cm³/mol. The Hall–Kier alpha value is -3.34. The highest BCUT2D eigenvalue weighted by Gasteiger charge is 2.33. The summed E-state index contributed by atoms with van der Waals surface area (Å²) in [4.78, 5) is 11.4. The SMILES string of the molecule is COc1ccc(F)c(-c2ccc(COc3cccc(C(CC(=O)O)C4CC4)c3)cc2C2CCCCCCC2)c1. The van der Waals surface area contributed by atoms with Gasteiger partial charge in [-0.3, -0.25) is 4.79 Å². The molecule has 2 saturated carbocycles. The first-order chi connectivity index (χ1) is 19.0. The Balaban J connectivity index is 1.41. The average molecular weight is 531 g/mol. The molecule has 0 heterocycles. The van der Waals surface area contributed by atoms with Gasteiger partial charge in [-0.25, -0.2) is 4.39 Å². The van der Waals surface area contributed by atoms with Gasteiger partial charge in [0.2, 0.25) is 0 Å². The molecule has 2 aliphatic rings. The highest BCUT2D eigenvalue weighted by molar-refractivity contribution is 5.71. The molecule has 39 heavy (non-hydrogen) atoms. The summed E-state index contributed by atoms with van der Waals surface area (Å²) in [5.41, 5.74) is 4.79. The minimum atomic E-state index is -0.757. The van der Waals surface area contributed by atoms with Gasteiger partial charge < -0.3 is 14.6 Å². The second kappa shape index (κ2) is 12.7. The Bertz CT molecular complexity index is 1270. The summed E-state index contributed by atoms with van der Waals surface area (Å²) >= 11 is 0. The number of halogens is 1. The van der Waals surface area contributed by atoms with Crippen LogP contribution in [0.15, 0.2) is 60.7 Å². The average Bonchev–Trinajstić information content (AvgIpc) is 3.76. The molecule has 0 amide bonds. The first kappa shape index (κ1) is 27.2. The van der Waals surface area contributed by atoms with Gasteiger partial charge in [-0.2, -0.15) is 0 Å². The first-order valence-electron chi connectivity index (χ1n) is 14.4. The number of benzene rings is 3. The van der Waals surface area contributed by atoms with E-state index in [1.807, 2.05) is 36.4 Å². The van der Waals surface area contributed by atoms with Crippen molar-refractivity contribution in [3.8, 4) is 22.6 Å². The lowest BCUT2D eigenvalue weighted by Gasteiger charge is -2.24. The fraction of sp³-hybridized carbons (Fsp3) is 0.441. The Labute approximate surface area is 231 Å². The monoisotopic (exact) mass is 530 g/mol. The fourth-order valence-corrected chi connectivity index (χ4v) is 6.13. The molecule has 4 nitrogen and oxygen atoms in total. The van der Waals surface area contributed by atoms with Crippen LogP contribution in [0.4, 0.5) is 4.39 Å². The molecule has 2 fully saturated rings. The summed E-state index contributed by atoms with van der Waals surface area (Å²) in [6.45, 7) is 0.400. The van der Waals surface area contributed by atoms with E-state index in [1.165, 1.54) is 43.7 Å². The topological polar surface area (TPSA) is 55.8 Å². The number of carbonyl (C=O) groups is 1. The molecule has 0 spiro atoms. The third-order valence-electron chi connectivity index (χ3n) is 8.40. The van der Waals surface area contributed by atoms with E-state index < -0.39 is 5.97 Å². The third-order valence-corrected chi connectivity index (χ3v) is 8.40. The zero-order chi connectivity index (χ0) is 27.2. The Morgan fingerprint density at radius 3 is 2.38 bits per heavy atom. The Kier molecular flexibility index (Phi) is 8.85. The number of carboxylic acids is 1. The number of hydrogen-bond donors (Lipinski definition) is 1. The Morgan fingerprint density at radius 1 is 0.897 bits per heavy atom. The van der Waals surface area contributed by atoms with Gasteiger partial charge in [-0.1, -0.05) is 62.4 Å². The van der Waals surface area contributed by atoms with Crippen molar-refractivity contribution in [3.05, 3.63) is 83.2 Å². The highest BCUT2D eigenvalue weighted by atomic mass is 19.1. The number of carboxylic acid groups (broad SMARTS) is 1. The largest absolute Gasteiger partial charge is 0.497 e.